The van der Waals surface area contributed by atoms with Gasteiger partial charge < -0.3 is 15.7 Å². The second-order valence-electron chi connectivity index (χ2n) is 5.46. The Morgan fingerprint density at radius 2 is 2.10 bits per heavy atom. The fraction of sp³-hybridized carbons (Fsp3) is 0.467. The van der Waals surface area contributed by atoms with Gasteiger partial charge in [0.1, 0.15) is 0 Å². The van der Waals surface area contributed by atoms with E-state index in [1.54, 1.807) is 11.4 Å². The first kappa shape index (κ1) is 17.2. The number of amides is 2. The Morgan fingerprint density at radius 1 is 1.38 bits per heavy atom. The predicted molar refractivity (Wildman–Crippen MR) is 83.1 cm³/mol. The molecule has 21 heavy (non-hydrogen) atoms. The van der Waals surface area contributed by atoms with Crippen molar-refractivity contribution in [3.05, 3.63) is 21.9 Å². The highest BCUT2D eigenvalue weighted by Crippen LogP contribution is 2.13. The maximum absolute atomic E-state index is 11.9. The van der Waals surface area contributed by atoms with E-state index >= 15 is 0 Å². The molecule has 1 aromatic rings. The van der Waals surface area contributed by atoms with Gasteiger partial charge in [0.15, 0.2) is 0 Å². The molecule has 6 heteroatoms. The predicted octanol–water partition coefficient (Wildman–Crippen LogP) is 1.13. The molecule has 0 aliphatic carbocycles. The van der Waals surface area contributed by atoms with E-state index in [4.69, 9.17) is 5.11 Å². The molecule has 3 N–H and O–H groups in total. The lowest BCUT2D eigenvalue weighted by atomic mass is 10.1. The van der Waals surface area contributed by atoms with Crippen LogP contribution in [0.3, 0.4) is 0 Å². The Hall–Kier alpha value is -1.84. The Labute approximate surface area is 128 Å². The van der Waals surface area contributed by atoms with E-state index < -0.39 is 0 Å². The minimum absolute atomic E-state index is 0.0224. The molecule has 0 saturated carbocycles. The number of aliphatic hydroxyl groups excluding tert-OH is 1. The second-order valence-corrected chi connectivity index (χ2v) is 6.37. The van der Waals surface area contributed by atoms with Crippen LogP contribution >= 0.6 is 11.3 Å². The standard InChI is InChI=1S/C15H20N2O3S/c1-15(2,3)17-13(19)9-16-14(20)11-8-12(21-10-11)6-4-5-7-18/h8,10,18H,5,7,9H2,1-3H3,(H,16,20)(H,17,19). The molecule has 0 aromatic carbocycles. The van der Waals surface area contributed by atoms with E-state index in [1.165, 1.54) is 11.3 Å². The fourth-order valence-electron chi connectivity index (χ4n) is 1.45. The summed E-state index contributed by atoms with van der Waals surface area (Å²) in [6.45, 7) is 5.60. The zero-order chi connectivity index (χ0) is 15.9. The molecule has 114 valence electrons. The molecule has 1 aromatic heterocycles. The van der Waals surface area contributed by atoms with Crippen LogP contribution in [0.1, 0.15) is 42.4 Å². The number of carbonyl (C=O) groups is 2. The Balaban J connectivity index is 2.50. The van der Waals surface area contributed by atoms with Gasteiger partial charge in [-0.15, -0.1) is 11.3 Å². The summed E-state index contributed by atoms with van der Waals surface area (Å²) in [5, 5.41) is 15.7. The lowest BCUT2D eigenvalue weighted by Gasteiger charge is -2.20. The average Bonchev–Trinajstić information content (AvgIpc) is 2.83. The van der Waals surface area contributed by atoms with Crippen molar-refractivity contribution < 1.29 is 14.7 Å². The summed E-state index contributed by atoms with van der Waals surface area (Å²) in [5.41, 5.74) is 0.163. The normalized spacial score (nSPS) is 10.5. The van der Waals surface area contributed by atoms with E-state index in [9.17, 15) is 9.59 Å². The zero-order valence-corrected chi connectivity index (χ0v) is 13.3. The minimum Gasteiger partial charge on any atom is -0.395 e. The third-order valence-corrected chi connectivity index (χ3v) is 3.08. The number of hydrogen-bond donors (Lipinski definition) is 3. The minimum atomic E-state index is -0.320. The maximum Gasteiger partial charge on any atom is 0.252 e. The summed E-state index contributed by atoms with van der Waals surface area (Å²) < 4.78 is 0. The van der Waals surface area contributed by atoms with Crippen molar-refractivity contribution in [2.24, 2.45) is 0 Å². The van der Waals surface area contributed by atoms with Crippen LogP contribution in [0.15, 0.2) is 11.4 Å². The van der Waals surface area contributed by atoms with E-state index in [0.717, 1.165) is 4.88 Å². The molecule has 0 radical (unpaired) electrons. The summed E-state index contributed by atoms with van der Waals surface area (Å²) in [6.07, 6.45) is 0.409. The average molecular weight is 308 g/mol. The number of aliphatic hydroxyl groups is 1. The molecule has 0 aliphatic rings. The van der Waals surface area contributed by atoms with Crippen LogP contribution < -0.4 is 10.6 Å². The van der Waals surface area contributed by atoms with Gasteiger partial charge in [-0.2, -0.15) is 0 Å². The SMILES string of the molecule is CC(C)(C)NC(=O)CNC(=O)c1csc(C#CCCO)c1. The van der Waals surface area contributed by atoms with E-state index in [1.807, 2.05) is 20.8 Å². The molecule has 0 bridgehead atoms. The molecule has 0 aliphatic heterocycles. The highest BCUT2D eigenvalue weighted by Gasteiger charge is 2.15. The lowest BCUT2D eigenvalue weighted by molar-refractivity contribution is -0.121. The number of hydrogen-bond acceptors (Lipinski definition) is 4. The van der Waals surface area contributed by atoms with Gasteiger partial charge in [0.25, 0.3) is 5.91 Å². The Morgan fingerprint density at radius 3 is 2.71 bits per heavy atom. The van der Waals surface area contributed by atoms with Gasteiger partial charge in [-0.1, -0.05) is 11.8 Å². The van der Waals surface area contributed by atoms with Crippen LogP contribution in [0.4, 0.5) is 0 Å². The smallest absolute Gasteiger partial charge is 0.252 e. The molecular formula is C15H20N2O3S. The third-order valence-electron chi connectivity index (χ3n) is 2.23. The summed E-state index contributed by atoms with van der Waals surface area (Å²) in [5.74, 6) is 5.13. The third kappa shape index (κ3) is 6.93. The first-order chi connectivity index (χ1) is 9.81. The van der Waals surface area contributed by atoms with Crippen LogP contribution in [0.25, 0.3) is 0 Å². The van der Waals surface area contributed by atoms with Crippen molar-refractivity contribution in [1.82, 2.24) is 10.6 Å². The van der Waals surface area contributed by atoms with Gasteiger partial charge in [0.2, 0.25) is 5.91 Å². The second kappa shape index (κ2) is 7.81. The monoisotopic (exact) mass is 308 g/mol. The highest BCUT2D eigenvalue weighted by atomic mass is 32.1. The van der Waals surface area contributed by atoms with Crippen LogP contribution in [0, 0.1) is 11.8 Å². The summed E-state index contributed by atoms with van der Waals surface area (Å²) in [4.78, 5) is 24.2. The van der Waals surface area contributed by atoms with Crippen molar-refractivity contribution in [2.45, 2.75) is 32.7 Å². The van der Waals surface area contributed by atoms with Crippen molar-refractivity contribution in [1.29, 1.82) is 0 Å². The fourth-order valence-corrected chi connectivity index (χ4v) is 2.21. The number of carbonyl (C=O) groups excluding carboxylic acids is 2. The number of thiophene rings is 1. The lowest BCUT2D eigenvalue weighted by Crippen LogP contribution is -2.45. The largest absolute Gasteiger partial charge is 0.395 e. The highest BCUT2D eigenvalue weighted by molar-refractivity contribution is 7.10. The van der Waals surface area contributed by atoms with Gasteiger partial charge in [-0.05, 0) is 26.8 Å². The van der Waals surface area contributed by atoms with Gasteiger partial charge >= 0.3 is 0 Å². The molecule has 0 fully saturated rings. The Bertz CT molecular complexity index is 561. The van der Waals surface area contributed by atoms with Crippen molar-refractivity contribution in [3.63, 3.8) is 0 Å². The van der Waals surface area contributed by atoms with Crippen molar-refractivity contribution >= 4 is 23.2 Å². The van der Waals surface area contributed by atoms with Gasteiger partial charge in [-0.3, -0.25) is 9.59 Å². The topological polar surface area (TPSA) is 78.4 Å². The summed E-state index contributed by atoms with van der Waals surface area (Å²) in [6, 6.07) is 1.67. The summed E-state index contributed by atoms with van der Waals surface area (Å²) >= 11 is 1.36. The molecule has 5 nitrogen and oxygen atoms in total. The molecule has 0 unspecified atom stereocenters. The zero-order valence-electron chi connectivity index (χ0n) is 12.4. The molecule has 0 atom stereocenters. The van der Waals surface area contributed by atoms with Gasteiger partial charge in [0, 0.05) is 17.3 Å². The van der Waals surface area contributed by atoms with E-state index in [0.29, 0.717) is 12.0 Å². The van der Waals surface area contributed by atoms with Crippen molar-refractivity contribution in [3.8, 4) is 11.8 Å². The molecular weight excluding hydrogens is 288 g/mol. The van der Waals surface area contributed by atoms with Crippen molar-refractivity contribution in [2.75, 3.05) is 13.2 Å². The van der Waals surface area contributed by atoms with Crippen LogP contribution in [0.2, 0.25) is 0 Å². The quantitative estimate of drug-likeness (QED) is 0.730. The molecule has 0 spiro atoms. The Kier molecular flexibility index (Phi) is 6.40. The van der Waals surface area contributed by atoms with Gasteiger partial charge in [-0.25, -0.2) is 0 Å². The first-order valence-electron chi connectivity index (χ1n) is 6.59. The maximum atomic E-state index is 11.9. The van der Waals surface area contributed by atoms with Crippen LogP contribution in [0.5, 0.6) is 0 Å². The molecule has 1 rings (SSSR count). The molecule has 2 amide bonds. The van der Waals surface area contributed by atoms with E-state index in [2.05, 4.69) is 22.5 Å². The van der Waals surface area contributed by atoms with E-state index in [-0.39, 0.29) is 30.5 Å². The molecule has 1 heterocycles. The van der Waals surface area contributed by atoms with Crippen LogP contribution in [-0.4, -0.2) is 35.6 Å². The first-order valence-corrected chi connectivity index (χ1v) is 7.47. The summed E-state index contributed by atoms with van der Waals surface area (Å²) in [7, 11) is 0. The number of nitrogens with one attached hydrogen (secondary N) is 2. The van der Waals surface area contributed by atoms with Crippen LogP contribution in [-0.2, 0) is 4.79 Å². The number of rotatable bonds is 4. The van der Waals surface area contributed by atoms with Gasteiger partial charge in [0.05, 0.1) is 23.6 Å². The molecule has 0 saturated heterocycles.